The predicted octanol–water partition coefficient (Wildman–Crippen LogP) is 1.78. The number of hydrogen-bond acceptors (Lipinski definition) is 2. The van der Waals surface area contributed by atoms with Gasteiger partial charge in [-0.15, -0.1) is 0 Å². The Balaban J connectivity index is 2.25. The van der Waals surface area contributed by atoms with Crippen LogP contribution in [0, 0.1) is 0 Å². The third-order valence-corrected chi connectivity index (χ3v) is 3.18. The number of amides is 1. The summed E-state index contributed by atoms with van der Waals surface area (Å²) in [5, 5.41) is 3.26. The number of likely N-dealkylation sites (tertiary alicyclic amines) is 1. The van der Waals surface area contributed by atoms with Crippen molar-refractivity contribution < 1.29 is 4.79 Å². The Bertz CT molecular complexity index is 194. The van der Waals surface area contributed by atoms with E-state index in [4.69, 9.17) is 0 Å². The summed E-state index contributed by atoms with van der Waals surface area (Å²) in [6.45, 7) is 4.03. The first-order valence-electron chi connectivity index (χ1n) is 6.23. The third kappa shape index (κ3) is 4.20. The zero-order chi connectivity index (χ0) is 11.1. The molecule has 0 bridgehead atoms. The van der Waals surface area contributed by atoms with Crippen LogP contribution in [0.25, 0.3) is 0 Å². The van der Waals surface area contributed by atoms with E-state index < -0.39 is 0 Å². The number of carbonyl (C=O) groups excluding carboxylic acids is 1. The molecule has 0 aliphatic carbocycles. The van der Waals surface area contributed by atoms with Crippen LogP contribution in [0.4, 0.5) is 0 Å². The van der Waals surface area contributed by atoms with Gasteiger partial charge in [-0.1, -0.05) is 19.8 Å². The van der Waals surface area contributed by atoms with Gasteiger partial charge in [0.15, 0.2) is 0 Å². The maximum absolute atomic E-state index is 11.8. The number of carbonyl (C=O) groups is 1. The van der Waals surface area contributed by atoms with Crippen molar-refractivity contribution in [2.75, 3.05) is 20.1 Å². The van der Waals surface area contributed by atoms with Crippen molar-refractivity contribution >= 4 is 5.91 Å². The van der Waals surface area contributed by atoms with E-state index in [9.17, 15) is 4.79 Å². The standard InChI is InChI=1S/C12H24N2O/c1-3-4-5-8-12(15)14-9-6-7-11(10-14)13-2/h11,13H,3-10H2,1-2H3/t11-/m1/s1. The van der Waals surface area contributed by atoms with Gasteiger partial charge in [-0.2, -0.15) is 0 Å². The van der Waals surface area contributed by atoms with Crippen LogP contribution in [0.3, 0.4) is 0 Å². The van der Waals surface area contributed by atoms with Gasteiger partial charge < -0.3 is 10.2 Å². The molecule has 3 heteroatoms. The highest BCUT2D eigenvalue weighted by Gasteiger charge is 2.21. The zero-order valence-electron chi connectivity index (χ0n) is 10.1. The van der Waals surface area contributed by atoms with E-state index in [0.717, 1.165) is 32.4 Å². The van der Waals surface area contributed by atoms with Gasteiger partial charge in [0.1, 0.15) is 0 Å². The fourth-order valence-electron chi connectivity index (χ4n) is 2.12. The summed E-state index contributed by atoms with van der Waals surface area (Å²) < 4.78 is 0. The van der Waals surface area contributed by atoms with Gasteiger partial charge >= 0.3 is 0 Å². The van der Waals surface area contributed by atoms with E-state index in [2.05, 4.69) is 12.2 Å². The Morgan fingerprint density at radius 2 is 2.27 bits per heavy atom. The monoisotopic (exact) mass is 212 g/mol. The van der Waals surface area contributed by atoms with Crippen molar-refractivity contribution in [3.05, 3.63) is 0 Å². The topological polar surface area (TPSA) is 32.3 Å². The van der Waals surface area contributed by atoms with Gasteiger partial charge in [-0.25, -0.2) is 0 Å². The number of nitrogens with one attached hydrogen (secondary N) is 1. The largest absolute Gasteiger partial charge is 0.341 e. The fraction of sp³-hybridized carbons (Fsp3) is 0.917. The second kappa shape index (κ2) is 6.83. The average Bonchev–Trinajstić information content (AvgIpc) is 2.29. The van der Waals surface area contributed by atoms with E-state index >= 15 is 0 Å². The van der Waals surface area contributed by atoms with Crippen LogP contribution in [0.2, 0.25) is 0 Å². The minimum Gasteiger partial charge on any atom is -0.341 e. The molecule has 1 amide bonds. The molecular formula is C12H24N2O. The number of rotatable bonds is 5. The molecule has 0 aromatic rings. The molecule has 1 rings (SSSR count). The van der Waals surface area contributed by atoms with Gasteiger partial charge in [0.05, 0.1) is 0 Å². The maximum atomic E-state index is 11.8. The van der Waals surface area contributed by atoms with Crippen LogP contribution in [-0.2, 0) is 4.79 Å². The molecule has 1 aliphatic heterocycles. The molecule has 1 fully saturated rings. The van der Waals surface area contributed by atoms with Crippen molar-refractivity contribution in [1.29, 1.82) is 0 Å². The number of likely N-dealkylation sites (N-methyl/N-ethyl adjacent to an activating group) is 1. The molecule has 88 valence electrons. The van der Waals surface area contributed by atoms with Crippen molar-refractivity contribution in [2.45, 2.75) is 51.5 Å². The number of piperidine rings is 1. The Kier molecular flexibility index (Phi) is 5.69. The molecule has 15 heavy (non-hydrogen) atoms. The first kappa shape index (κ1) is 12.5. The lowest BCUT2D eigenvalue weighted by Gasteiger charge is -2.32. The normalized spacial score (nSPS) is 21.7. The lowest BCUT2D eigenvalue weighted by atomic mass is 10.1. The Morgan fingerprint density at radius 1 is 1.47 bits per heavy atom. The highest BCUT2D eigenvalue weighted by Crippen LogP contribution is 2.12. The molecule has 0 aromatic heterocycles. The summed E-state index contributed by atoms with van der Waals surface area (Å²) in [7, 11) is 1.98. The molecule has 0 saturated carbocycles. The minimum absolute atomic E-state index is 0.350. The molecule has 1 atom stereocenters. The molecule has 1 N–H and O–H groups in total. The number of hydrogen-bond donors (Lipinski definition) is 1. The molecule has 1 aliphatic rings. The lowest BCUT2D eigenvalue weighted by Crippen LogP contribution is -2.46. The molecular weight excluding hydrogens is 188 g/mol. The van der Waals surface area contributed by atoms with Crippen LogP contribution in [-0.4, -0.2) is 37.0 Å². The average molecular weight is 212 g/mol. The van der Waals surface area contributed by atoms with E-state index in [1.807, 2.05) is 11.9 Å². The van der Waals surface area contributed by atoms with E-state index in [-0.39, 0.29) is 0 Å². The molecule has 1 heterocycles. The van der Waals surface area contributed by atoms with Crippen LogP contribution in [0.1, 0.15) is 45.4 Å². The molecule has 3 nitrogen and oxygen atoms in total. The minimum atomic E-state index is 0.350. The molecule has 0 aromatic carbocycles. The highest BCUT2D eigenvalue weighted by molar-refractivity contribution is 5.76. The van der Waals surface area contributed by atoms with Gasteiger partial charge in [0.25, 0.3) is 0 Å². The van der Waals surface area contributed by atoms with Gasteiger partial charge in [-0.3, -0.25) is 4.79 Å². The summed E-state index contributed by atoms with van der Waals surface area (Å²) >= 11 is 0. The Hall–Kier alpha value is -0.570. The fourth-order valence-corrected chi connectivity index (χ4v) is 2.12. The summed E-state index contributed by atoms with van der Waals surface area (Å²) in [5.74, 6) is 0.350. The van der Waals surface area contributed by atoms with Crippen LogP contribution in [0.15, 0.2) is 0 Å². The second-order valence-corrected chi connectivity index (χ2v) is 4.42. The molecule has 0 unspecified atom stereocenters. The lowest BCUT2D eigenvalue weighted by molar-refractivity contribution is -0.132. The Morgan fingerprint density at radius 3 is 2.93 bits per heavy atom. The molecule has 1 saturated heterocycles. The summed E-state index contributed by atoms with van der Waals surface area (Å²) in [6, 6.07) is 0.508. The first-order chi connectivity index (χ1) is 7.27. The van der Waals surface area contributed by atoms with Crippen molar-refractivity contribution in [3.63, 3.8) is 0 Å². The van der Waals surface area contributed by atoms with E-state index in [1.54, 1.807) is 0 Å². The SMILES string of the molecule is CCCCCC(=O)N1CCC[C@@H](NC)C1. The highest BCUT2D eigenvalue weighted by atomic mass is 16.2. The zero-order valence-corrected chi connectivity index (χ0v) is 10.1. The molecule has 0 spiro atoms. The van der Waals surface area contributed by atoms with Crippen LogP contribution in [0.5, 0.6) is 0 Å². The van der Waals surface area contributed by atoms with E-state index in [1.165, 1.54) is 19.3 Å². The van der Waals surface area contributed by atoms with Crippen molar-refractivity contribution in [2.24, 2.45) is 0 Å². The Labute approximate surface area is 93.2 Å². The molecule has 0 radical (unpaired) electrons. The third-order valence-electron chi connectivity index (χ3n) is 3.18. The van der Waals surface area contributed by atoms with Crippen LogP contribution >= 0.6 is 0 Å². The van der Waals surface area contributed by atoms with Crippen LogP contribution < -0.4 is 5.32 Å². The van der Waals surface area contributed by atoms with E-state index in [0.29, 0.717) is 11.9 Å². The summed E-state index contributed by atoms with van der Waals surface area (Å²) in [5.41, 5.74) is 0. The smallest absolute Gasteiger partial charge is 0.222 e. The van der Waals surface area contributed by atoms with Crippen molar-refractivity contribution in [3.8, 4) is 0 Å². The summed E-state index contributed by atoms with van der Waals surface area (Å²) in [4.78, 5) is 13.9. The predicted molar refractivity (Wildman–Crippen MR) is 62.8 cm³/mol. The van der Waals surface area contributed by atoms with Crippen molar-refractivity contribution in [1.82, 2.24) is 10.2 Å². The quantitative estimate of drug-likeness (QED) is 0.705. The summed E-state index contributed by atoms with van der Waals surface area (Å²) in [6.07, 6.45) is 6.50. The second-order valence-electron chi connectivity index (χ2n) is 4.42. The number of unbranched alkanes of at least 4 members (excludes halogenated alkanes) is 2. The number of nitrogens with zero attached hydrogens (tertiary/aromatic N) is 1. The van der Waals surface area contributed by atoms with Gasteiger partial charge in [0, 0.05) is 25.6 Å². The van der Waals surface area contributed by atoms with Gasteiger partial charge in [-0.05, 0) is 26.3 Å². The first-order valence-corrected chi connectivity index (χ1v) is 6.23. The maximum Gasteiger partial charge on any atom is 0.222 e. The van der Waals surface area contributed by atoms with Gasteiger partial charge in [0.2, 0.25) is 5.91 Å².